The molecule has 0 fully saturated rings. The molecule has 0 radical (unpaired) electrons. The molecule has 274 valence electrons. The maximum absolute atomic E-state index is 12.7. The van der Waals surface area contributed by atoms with E-state index >= 15 is 0 Å². The lowest BCUT2D eigenvalue weighted by atomic mass is 10.0. The van der Waals surface area contributed by atoms with Crippen LogP contribution in [-0.2, 0) is 27.3 Å². The molecular weight excluding hydrogens is 618 g/mol. The fraction of sp³-hybridized carbons (Fsp3) is 0.692. The number of benzene rings is 1. The molecule has 49 heavy (non-hydrogen) atoms. The number of amides is 2. The average Bonchev–Trinajstić information content (AvgIpc) is 3.53. The van der Waals surface area contributed by atoms with E-state index in [-0.39, 0.29) is 11.8 Å². The Morgan fingerprint density at radius 3 is 2.06 bits per heavy atom. The molecule has 2 rings (SSSR count). The van der Waals surface area contributed by atoms with Crippen molar-refractivity contribution in [3.63, 3.8) is 0 Å². The third kappa shape index (κ3) is 21.9. The molecule has 1 aromatic heterocycles. The van der Waals surface area contributed by atoms with Crippen molar-refractivity contribution in [1.29, 1.82) is 0 Å². The minimum atomic E-state index is -0.683. The van der Waals surface area contributed by atoms with Crippen LogP contribution in [0, 0.1) is 5.92 Å². The Morgan fingerprint density at radius 2 is 1.43 bits per heavy atom. The second-order valence-electron chi connectivity index (χ2n) is 13.7. The first-order chi connectivity index (χ1) is 23.9. The molecule has 1 unspecified atom stereocenters. The van der Waals surface area contributed by atoms with Crippen LogP contribution < -0.4 is 10.6 Å². The van der Waals surface area contributed by atoms with E-state index in [9.17, 15) is 19.2 Å². The molecule has 10 nitrogen and oxygen atoms in total. The lowest BCUT2D eigenvalue weighted by Gasteiger charge is -2.13. The van der Waals surface area contributed by atoms with Crippen molar-refractivity contribution in [3.05, 3.63) is 47.3 Å². The summed E-state index contributed by atoms with van der Waals surface area (Å²) in [7, 11) is 0. The zero-order valence-electron chi connectivity index (χ0n) is 30.1. The largest absolute Gasteiger partial charge is 0.481 e. The monoisotopic (exact) mass is 681 g/mol. The number of aryl methyl sites for hydroxylation is 1. The van der Waals surface area contributed by atoms with E-state index < -0.39 is 5.97 Å². The number of aldehydes is 1. The molecule has 0 saturated carbocycles. The van der Waals surface area contributed by atoms with Gasteiger partial charge in [-0.3, -0.25) is 14.4 Å². The maximum atomic E-state index is 12.7. The molecule has 0 aliphatic carbocycles. The van der Waals surface area contributed by atoms with Crippen molar-refractivity contribution in [2.45, 2.75) is 155 Å². The number of carbonyl (C=O) groups excluding carboxylic acids is 3. The van der Waals surface area contributed by atoms with Gasteiger partial charge in [-0.1, -0.05) is 101 Å². The Bertz CT molecular complexity index is 1200. The van der Waals surface area contributed by atoms with Gasteiger partial charge in [-0.05, 0) is 68.6 Å². The smallest absolute Gasteiger partial charge is 0.303 e. The number of nitrogens with zero attached hydrogens (tertiary/aromatic N) is 3. The maximum Gasteiger partial charge on any atom is 0.303 e. The van der Waals surface area contributed by atoms with Crippen LogP contribution in [0.1, 0.15) is 163 Å². The fourth-order valence-corrected chi connectivity index (χ4v) is 6.02. The Balaban J connectivity index is 1.41. The van der Waals surface area contributed by atoms with E-state index in [1.165, 1.54) is 57.8 Å². The van der Waals surface area contributed by atoms with Gasteiger partial charge in [0.05, 0.1) is 12.2 Å². The van der Waals surface area contributed by atoms with Crippen LogP contribution in [0.25, 0.3) is 0 Å². The van der Waals surface area contributed by atoms with Crippen molar-refractivity contribution in [3.8, 4) is 0 Å². The molecular formula is C39H63N5O5. The second kappa shape index (κ2) is 27.3. The van der Waals surface area contributed by atoms with Gasteiger partial charge in [-0.15, -0.1) is 5.10 Å². The number of nitrogens with one attached hydrogen (secondary N) is 2. The van der Waals surface area contributed by atoms with Crippen molar-refractivity contribution >= 4 is 24.1 Å². The Hall–Kier alpha value is -3.56. The van der Waals surface area contributed by atoms with Gasteiger partial charge < -0.3 is 20.5 Å². The van der Waals surface area contributed by atoms with Gasteiger partial charge in [0.2, 0.25) is 5.91 Å². The van der Waals surface area contributed by atoms with Crippen LogP contribution in [0.15, 0.2) is 30.5 Å². The summed E-state index contributed by atoms with van der Waals surface area (Å²) in [6, 6.07) is 7.56. The van der Waals surface area contributed by atoms with E-state index in [2.05, 4.69) is 27.9 Å². The normalized spacial score (nSPS) is 11.7. The Kier molecular flexibility index (Phi) is 23.2. The number of unbranched alkanes of at least 4 members (excludes halogenated alkanes) is 14. The van der Waals surface area contributed by atoms with Crippen LogP contribution in [0.2, 0.25) is 0 Å². The van der Waals surface area contributed by atoms with Crippen LogP contribution in [0.4, 0.5) is 0 Å². The van der Waals surface area contributed by atoms with Crippen molar-refractivity contribution in [2.75, 3.05) is 13.1 Å². The minimum absolute atomic E-state index is 0.0825. The predicted molar refractivity (Wildman–Crippen MR) is 194 cm³/mol. The number of carboxylic acids is 1. The molecule has 1 aromatic carbocycles. The topological polar surface area (TPSA) is 143 Å². The SMILES string of the molecule is CC(CCCNC(=O)c1cccc(Cn2cc(CCCC=O)nn2)c1)CCNC(=O)CCCCCCCCCCCCCCCCC(=O)O. The summed E-state index contributed by atoms with van der Waals surface area (Å²) < 4.78 is 1.75. The minimum Gasteiger partial charge on any atom is -0.481 e. The van der Waals surface area contributed by atoms with Gasteiger partial charge in [-0.25, -0.2) is 4.68 Å². The van der Waals surface area contributed by atoms with E-state index in [1.54, 1.807) is 4.68 Å². The molecule has 2 aromatic rings. The molecule has 2 amide bonds. The van der Waals surface area contributed by atoms with Crippen molar-refractivity contribution in [1.82, 2.24) is 25.6 Å². The summed E-state index contributed by atoms with van der Waals surface area (Å²) in [4.78, 5) is 46.0. The summed E-state index contributed by atoms with van der Waals surface area (Å²) in [5.74, 6) is -0.137. The number of aliphatic carboxylic acids is 1. The number of carbonyl (C=O) groups is 4. The molecule has 10 heteroatoms. The van der Waals surface area contributed by atoms with Gasteiger partial charge >= 0.3 is 5.97 Å². The van der Waals surface area contributed by atoms with E-state index in [4.69, 9.17) is 5.11 Å². The molecule has 3 N–H and O–H groups in total. The zero-order valence-corrected chi connectivity index (χ0v) is 30.1. The number of hydrogen-bond acceptors (Lipinski definition) is 6. The van der Waals surface area contributed by atoms with Crippen LogP contribution in [-0.4, -0.2) is 57.3 Å². The van der Waals surface area contributed by atoms with Crippen LogP contribution in [0.3, 0.4) is 0 Å². The van der Waals surface area contributed by atoms with Crippen molar-refractivity contribution < 1.29 is 24.3 Å². The molecule has 0 spiro atoms. The molecule has 0 aliphatic rings. The van der Waals surface area contributed by atoms with Gasteiger partial charge in [0, 0.05) is 44.1 Å². The van der Waals surface area contributed by atoms with Gasteiger partial charge in [-0.2, -0.15) is 0 Å². The molecule has 0 saturated heterocycles. The van der Waals surface area contributed by atoms with Gasteiger partial charge in [0.1, 0.15) is 6.29 Å². The molecule has 0 bridgehead atoms. The summed E-state index contributed by atoms with van der Waals surface area (Å²) in [6.45, 7) is 4.05. The standard InChI is InChI=1S/C39H63N5O5/c1-33(26-28-40-37(46)24-14-12-10-8-6-4-2-3-5-7-9-11-13-15-25-38(47)48)20-19-27-41-39(49)35-22-18-21-34(30-35)31-44-32-36(42-43-44)23-16-17-29-45/h18,21-22,29-30,32-33H,2-17,19-20,23-28,31H2,1H3,(H,40,46)(H,41,49)(H,47,48). The first-order valence-corrected chi connectivity index (χ1v) is 19.1. The van der Waals surface area contributed by atoms with Gasteiger partial charge in [0.25, 0.3) is 5.91 Å². The van der Waals surface area contributed by atoms with E-state index in [0.717, 1.165) is 81.8 Å². The highest BCUT2D eigenvalue weighted by Crippen LogP contribution is 2.14. The predicted octanol–water partition coefficient (Wildman–Crippen LogP) is 7.83. The van der Waals surface area contributed by atoms with E-state index in [1.807, 2.05) is 30.5 Å². The molecule has 0 aliphatic heterocycles. The van der Waals surface area contributed by atoms with Gasteiger partial charge in [0.15, 0.2) is 0 Å². The zero-order chi connectivity index (χ0) is 35.4. The third-order valence-electron chi connectivity index (χ3n) is 9.04. The summed E-state index contributed by atoms with van der Waals surface area (Å²) in [5, 5.41) is 23.1. The average molecular weight is 682 g/mol. The highest BCUT2D eigenvalue weighted by molar-refractivity contribution is 5.94. The number of aromatic nitrogens is 3. The molecule has 1 heterocycles. The first kappa shape index (κ1) is 41.6. The summed E-state index contributed by atoms with van der Waals surface area (Å²) >= 11 is 0. The number of carboxylic acid groups (broad SMARTS) is 1. The number of hydrogen-bond donors (Lipinski definition) is 3. The third-order valence-corrected chi connectivity index (χ3v) is 9.04. The summed E-state index contributed by atoms with van der Waals surface area (Å²) in [6.07, 6.45) is 25.1. The second-order valence-corrected chi connectivity index (χ2v) is 13.7. The highest BCUT2D eigenvalue weighted by Gasteiger charge is 2.09. The lowest BCUT2D eigenvalue weighted by Crippen LogP contribution is -2.26. The van der Waals surface area contributed by atoms with Crippen LogP contribution in [0.5, 0.6) is 0 Å². The Labute approximate surface area is 294 Å². The lowest BCUT2D eigenvalue weighted by molar-refractivity contribution is -0.137. The highest BCUT2D eigenvalue weighted by atomic mass is 16.4. The van der Waals surface area contributed by atoms with Crippen molar-refractivity contribution in [2.24, 2.45) is 5.92 Å². The molecule has 1 atom stereocenters. The summed E-state index contributed by atoms with van der Waals surface area (Å²) in [5.41, 5.74) is 2.46. The van der Waals surface area contributed by atoms with E-state index in [0.29, 0.717) is 50.4 Å². The fourth-order valence-electron chi connectivity index (χ4n) is 6.02. The Morgan fingerprint density at radius 1 is 0.796 bits per heavy atom. The number of rotatable bonds is 31. The first-order valence-electron chi connectivity index (χ1n) is 19.1. The van der Waals surface area contributed by atoms with Crippen LogP contribution >= 0.6 is 0 Å². The quantitative estimate of drug-likeness (QED) is 0.0544.